The molecule has 0 saturated heterocycles. The predicted molar refractivity (Wildman–Crippen MR) is 80.7 cm³/mol. The van der Waals surface area contributed by atoms with Gasteiger partial charge >= 0.3 is 0 Å². The molecule has 114 valence electrons. The molecule has 0 amide bonds. The van der Waals surface area contributed by atoms with Gasteiger partial charge in [0.1, 0.15) is 4.90 Å². The quantitative estimate of drug-likeness (QED) is 0.792. The second-order valence-electron chi connectivity index (χ2n) is 4.29. The molecule has 1 rings (SSSR count). The number of halogens is 2. The molecule has 0 radical (unpaired) electrons. The number of aliphatic hydroxyl groups excluding tert-OH is 1. The van der Waals surface area contributed by atoms with Gasteiger partial charge in [-0.1, -0.05) is 30.1 Å². The van der Waals surface area contributed by atoms with Gasteiger partial charge in [0.2, 0.25) is 10.0 Å². The van der Waals surface area contributed by atoms with Gasteiger partial charge in [0.05, 0.1) is 11.6 Å². The van der Waals surface area contributed by atoms with Crippen LogP contribution in [-0.4, -0.2) is 45.1 Å². The first-order valence-electron chi connectivity index (χ1n) is 6.09. The van der Waals surface area contributed by atoms with Crippen molar-refractivity contribution < 1.29 is 13.5 Å². The van der Waals surface area contributed by atoms with Gasteiger partial charge in [-0.3, -0.25) is 0 Å². The molecule has 1 aromatic carbocycles. The SMILES string of the molecule is CCN(C)CCNS(=O)(=O)c1ccc(Cl)c(CO)c1Cl. The van der Waals surface area contributed by atoms with E-state index in [1.165, 1.54) is 12.1 Å². The van der Waals surface area contributed by atoms with Gasteiger partial charge in [0.15, 0.2) is 0 Å². The molecule has 0 spiro atoms. The molecule has 0 heterocycles. The number of nitrogens with one attached hydrogen (secondary N) is 1. The van der Waals surface area contributed by atoms with Gasteiger partial charge in [0, 0.05) is 23.7 Å². The first-order chi connectivity index (χ1) is 9.33. The Bertz CT molecular complexity index is 564. The lowest BCUT2D eigenvalue weighted by atomic mass is 10.2. The van der Waals surface area contributed by atoms with Gasteiger partial charge in [0.25, 0.3) is 0 Å². The molecule has 5 nitrogen and oxygen atoms in total. The zero-order chi connectivity index (χ0) is 15.3. The monoisotopic (exact) mass is 340 g/mol. The van der Waals surface area contributed by atoms with E-state index in [1.807, 2.05) is 18.9 Å². The third kappa shape index (κ3) is 4.31. The Hall–Kier alpha value is -0.370. The van der Waals surface area contributed by atoms with E-state index in [2.05, 4.69) is 4.72 Å². The standard InChI is InChI=1S/C12H18Cl2N2O3S/c1-3-16(2)7-6-15-20(18,19)11-5-4-10(13)9(8-17)12(11)14/h4-5,15,17H,3,6-8H2,1-2H3. The maximum Gasteiger partial charge on any atom is 0.242 e. The smallest absolute Gasteiger partial charge is 0.242 e. The van der Waals surface area contributed by atoms with E-state index in [4.69, 9.17) is 23.2 Å². The lowest BCUT2D eigenvalue weighted by Gasteiger charge is -2.15. The molecular weight excluding hydrogens is 323 g/mol. The largest absolute Gasteiger partial charge is 0.392 e. The fourth-order valence-electron chi connectivity index (χ4n) is 1.54. The first kappa shape index (κ1) is 17.7. The molecule has 0 saturated carbocycles. The summed E-state index contributed by atoms with van der Waals surface area (Å²) in [5, 5.41) is 9.37. The van der Waals surface area contributed by atoms with Gasteiger partial charge in [-0.05, 0) is 25.7 Å². The van der Waals surface area contributed by atoms with Crippen LogP contribution in [0.5, 0.6) is 0 Å². The number of nitrogens with zero attached hydrogens (tertiary/aromatic N) is 1. The van der Waals surface area contributed by atoms with E-state index in [1.54, 1.807) is 0 Å². The normalized spacial score (nSPS) is 12.1. The van der Waals surface area contributed by atoms with Crippen molar-refractivity contribution in [2.24, 2.45) is 0 Å². The van der Waals surface area contributed by atoms with Crippen LogP contribution in [0.3, 0.4) is 0 Å². The number of rotatable bonds is 7. The zero-order valence-electron chi connectivity index (χ0n) is 11.4. The lowest BCUT2D eigenvalue weighted by Crippen LogP contribution is -2.33. The third-order valence-corrected chi connectivity index (χ3v) is 5.32. The maximum absolute atomic E-state index is 12.2. The lowest BCUT2D eigenvalue weighted by molar-refractivity contribution is 0.281. The van der Waals surface area contributed by atoms with Crippen molar-refractivity contribution in [1.29, 1.82) is 0 Å². The van der Waals surface area contributed by atoms with Gasteiger partial charge in [-0.15, -0.1) is 0 Å². The van der Waals surface area contributed by atoms with Crippen molar-refractivity contribution in [1.82, 2.24) is 9.62 Å². The molecule has 0 fully saturated rings. The Balaban J connectivity index is 2.93. The number of aliphatic hydroxyl groups is 1. The molecule has 0 atom stereocenters. The van der Waals surface area contributed by atoms with Crippen molar-refractivity contribution in [2.75, 3.05) is 26.7 Å². The molecule has 1 aromatic rings. The molecule has 0 aliphatic carbocycles. The number of benzene rings is 1. The van der Waals surface area contributed by atoms with Crippen LogP contribution in [0.1, 0.15) is 12.5 Å². The summed E-state index contributed by atoms with van der Waals surface area (Å²) in [6.45, 7) is 3.27. The summed E-state index contributed by atoms with van der Waals surface area (Å²) < 4.78 is 26.8. The van der Waals surface area contributed by atoms with E-state index < -0.39 is 16.6 Å². The minimum Gasteiger partial charge on any atom is -0.392 e. The Morgan fingerprint density at radius 2 is 2.00 bits per heavy atom. The molecule has 0 aliphatic heterocycles. The molecule has 0 aliphatic rings. The zero-order valence-corrected chi connectivity index (χ0v) is 13.7. The average molecular weight is 341 g/mol. The highest BCUT2D eigenvalue weighted by Gasteiger charge is 2.21. The predicted octanol–water partition coefficient (Wildman–Crippen LogP) is 1.72. The number of likely N-dealkylation sites (N-methyl/N-ethyl adjacent to an activating group) is 1. The molecule has 8 heteroatoms. The Kier molecular flexibility index (Phi) is 6.71. The van der Waals surface area contributed by atoms with Crippen LogP contribution < -0.4 is 4.72 Å². The summed E-state index contributed by atoms with van der Waals surface area (Å²) in [6.07, 6.45) is 0. The van der Waals surface area contributed by atoms with Crippen molar-refractivity contribution in [2.45, 2.75) is 18.4 Å². The van der Waals surface area contributed by atoms with Gasteiger partial charge < -0.3 is 10.0 Å². The molecule has 0 aromatic heterocycles. The first-order valence-corrected chi connectivity index (χ1v) is 8.33. The Labute approximate surface area is 129 Å². The molecule has 2 N–H and O–H groups in total. The highest BCUT2D eigenvalue weighted by Crippen LogP contribution is 2.30. The van der Waals surface area contributed by atoms with Crippen LogP contribution in [0.2, 0.25) is 10.0 Å². The Morgan fingerprint density at radius 3 is 2.55 bits per heavy atom. The van der Waals surface area contributed by atoms with E-state index in [0.29, 0.717) is 6.54 Å². The van der Waals surface area contributed by atoms with Gasteiger partial charge in [-0.2, -0.15) is 0 Å². The van der Waals surface area contributed by atoms with E-state index >= 15 is 0 Å². The molecular formula is C12H18Cl2N2O3S. The van der Waals surface area contributed by atoms with Crippen LogP contribution in [0.4, 0.5) is 0 Å². The minimum absolute atomic E-state index is 0.0450. The fourth-order valence-corrected chi connectivity index (χ4v) is 3.45. The van der Waals surface area contributed by atoms with Gasteiger partial charge in [-0.25, -0.2) is 13.1 Å². The van der Waals surface area contributed by atoms with Crippen molar-refractivity contribution >= 4 is 33.2 Å². The van der Waals surface area contributed by atoms with Crippen LogP contribution in [-0.2, 0) is 16.6 Å². The van der Waals surface area contributed by atoms with Crippen molar-refractivity contribution in [3.63, 3.8) is 0 Å². The number of hydrogen-bond acceptors (Lipinski definition) is 4. The fraction of sp³-hybridized carbons (Fsp3) is 0.500. The summed E-state index contributed by atoms with van der Waals surface area (Å²) >= 11 is 11.8. The number of sulfonamides is 1. The Morgan fingerprint density at radius 1 is 1.35 bits per heavy atom. The summed E-state index contributed by atoms with van der Waals surface area (Å²) in [5.41, 5.74) is 0.210. The molecule has 20 heavy (non-hydrogen) atoms. The van der Waals surface area contributed by atoms with Crippen molar-refractivity contribution in [3.05, 3.63) is 27.7 Å². The maximum atomic E-state index is 12.2. The third-order valence-electron chi connectivity index (χ3n) is 2.92. The van der Waals surface area contributed by atoms with Crippen LogP contribution in [0, 0.1) is 0 Å². The average Bonchev–Trinajstić information content (AvgIpc) is 2.38. The van der Waals surface area contributed by atoms with Crippen molar-refractivity contribution in [3.8, 4) is 0 Å². The summed E-state index contributed by atoms with van der Waals surface area (Å²) in [4.78, 5) is 1.90. The van der Waals surface area contributed by atoms with Crippen LogP contribution in [0.25, 0.3) is 0 Å². The van der Waals surface area contributed by atoms with E-state index in [-0.39, 0.29) is 27.0 Å². The topological polar surface area (TPSA) is 69.6 Å². The highest BCUT2D eigenvalue weighted by molar-refractivity contribution is 7.89. The second kappa shape index (κ2) is 7.59. The van der Waals surface area contributed by atoms with E-state index in [0.717, 1.165) is 6.54 Å². The summed E-state index contributed by atoms with van der Waals surface area (Å²) in [7, 11) is -1.83. The minimum atomic E-state index is -3.72. The number of hydrogen-bond donors (Lipinski definition) is 2. The summed E-state index contributed by atoms with van der Waals surface area (Å²) in [5.74, 6) is 0. The summed E-state index contributed by atoms with van der Waals surface area (Å²) in [6, 6.07) is 2.74. The van der Waals surface area contributed by atoms with Crippen LogP contribution >= 0.6 is 23.2 Å². The highest BCUT2D eigenvalue weighted by atomic mass is 35.5. The second-order valence-corrected chi connectivity index (χ2v) is 6.81. The van der Waals surface area contributed by atoms with Crippen LogP contribution in [0.15, 0.2) is 17.0 Å². The molecule has 0 unspecified atom stereocenters. The molecule has 0 bridgehead atoms. The van der Waals surface area contributed by atoms with E-state index in [9.17, 15) is 13.5 Å².